The van der Waals surface area contributed by atoms with Crippen LogP contribution in [0, 0.1) is 0 Å². The molecule has 0 aromatic heterocycles. The quantitative estimate of drug-likeness (QED) is 0.868. The van der Waals surface area contributed by atoms with Crippen LogP contribution in [0.5, 0.6) is 0 Å². The Bertz CT molecular complexity index is 581. The molecular weight excluding hydrogens is 254 g/mol. The molecule has 2 rings (SSSR count). The van der Waals surface area contributed by atoms with Gasteiger partial charge in [0.15, 0.2) is 5.78 Å². The number of aliphatic hydroxyl groups excluding tert-OH is 1. The van der Waals surface area contributed by atoms with Gasteiger partial charge in [0.1, 0.15) is 12.6 Å². The predicted octanol–water partition coefficient (Wildman–Crippen LogP) is 1.72. The number of rotatable bonds is 5. The average Bonchev–Trinajstić information content (AvgIpc) is 2.53. The van der Waals surface area contributed by atoms with Crippen molar-refractivity contribution in [2.45, 2.75) is 6.04 Å². The number of hydrogen-bond donors (Lipinski definition) is 2. The van der Waals surface area contributed by atoms with Crippen LogP contribution in [0.1, 0.15) is 22.0 Å². The van der Waals surface area contributed by atoms with E-state index in [0.29, 0.717) is 11.1 Å². The molecule has 102 valence electrons. The Labute approximate surface area is 117 Å². The number of carbonyl (C=O) groups is 2. The van der Waals surface area contributed by atoms with Crippen LogP contribution in [0.4, 0.5) is 0 Å². The van der Waals surface area contributed by atoms with E-state index in [1.54, 1.807) is 48.5 Å². The highest BCUT2D eigenvalue weighted by Crippen LogP contribution is 2.14. The maximum Gasteiger partial charge on any atom is 0.252 e. The highest BCUT2D eigenvalue weighted by molar-refractivity contribution is 5.98. The molecule has 0 saturated carbocycles. The van der Waals surface area contributed by atoms with E-state index in [0.717, 1.165) is 0 Å². The number of hydrogen-bond acceptors (Lipinski definition) is 3. The van der Waals surface area contributed by atoms with Gasteiger partial charge in [0.05, 0.1) is 0 Å². The van der Waals surface area contributed by atoms with Crippen LogP contribution >= 0.6 is 0 Å². The number of benzene rings is 2. The fraction of sp³-hybridized carbons (Fsp3) is 0.125. The summed E-state index contributed by atoms with van der Waals surface area (Å²) in [6.07, 6.45) is 0. The first-order valence-electron chi connectivity index (χ1n) is 6.27. The highest BCUT2D eigenvalue weighted by atomic mass is 16.3. The predicted molar refractivity (Wildman–Crippen MR) is 75.2 cm³/mol. The van der Waals surface area contributed by atoms with Gasteiger partial charge in [0.25, 0.3) is 5.91 Å². The molecule has 0 spiro atoms. The second-order valence-corrected chi connectivity index (χ2v) is 4.31. The lowest BCUT2D eigenvalue weighted by Gasteiger charge is -2.17. The summed E-state index contributed by atoms with van der Waals surface area (Å²) in [5.74, 6) is -0.790. The molecule has 20 heavy (non-hydrogen) atoms. The van der Waals surface area contributed by atoms with E-state index in [9.17, 15) is 9.59 Å². The standard InChI is InChI=1S/C16H15NO3/c18-11-14(19)15(12-7-3-1-4-8-12)17-16(20)13-9-5-2-6-10-13/h1-10,15,18H,11H2,(H,17,20)/t15-/m0/s1. The van der Waals surface area contributed by atoms with Gasteiger partial charge in [0.2, 0.25) is 0 Å². The first-order chi connectivity index (χ1) is 9.72. The topological polar surface area (TPSA) is 66.4 Å². The number of carbonyl (C=O) groups excluding carboxylic acids is 2. The van der Waals surface area contributed by atoms with E-state index in [-0.39, 0.29) is 5.91 Å². The molecule has 4 nitrogen and oxygen atoms in total. The van der Waals surface area contributed by atoms with Crippen molar-refractivity contribution in [3.63, 3.8) is 0 Å². The second-order valence-electron chi connectivity index (χ2n) is 4.31. The first-order valence-corrected chi connectivity index (χ1v) is 6.27. The van der Waals surface area contributed by atoms with Crippen molar-refractivity contribution >= 4 is 11.7 Å². The Kier molecular flexibility index (Phi) is 4.63. The fourth-order valence-electron chi connectivity index (χ4n) is 1.89. The number of nitrogens with one attached hydrogen (secondary N) is 1. The van der Waals surface area contributed by atoms with Crippen LogP contribution in [-0.4, -0.2) is 23.4 Å². The number of aliphatic hydroxyl groups is 1. The molecule has 0 aliphatic carbocycles. The lowest BCUT2D eigenvalue weighted by molar-refractivity contribution is -0.123. The second kappa shape index (κ2) is 6.63. The summed E-state index contributed by atoms with van der Waals surface area (Å²) >= 11 is 0. The molecule has 2 aromatic carbocycles. The smallest absolute Gasteiger partial charge is 0.252 e. The molecule has 2 aromatic rings. The van der Waals surface area contributed by atoms with E-state index in [1.165, 1.54) is 0 Å². The summed E-state index contributed by atoms with van der Waals surface area (Å²) in [5.41, 5.74) is 1.12. The molecule has 0 saturated heterocycles. The van der Waals surface area contributed by atoms with Crippen LogP contribution in [0.2, 0.25) is 0 Å². The maximum atomic E-state index is 12.1. The molecule has 0 unspecified atom stereocenters. The van der Waals surface area contributed by atoms with Gasteiger partial charge in [0, 0.05) is 5.56 Å². The summed E-state index contributed by atoms with van der Waals surface area (Å²) in [6, 6.07) is 16.7. The molecule has 0 fully saturated rings. The third kappa shape index (κ3) is 3.30. The Hall–Kier alpha value is -2.46. The van der Waals surface area contributed by atoms with Crippen LogP contribution in [0.25, 0.3) is 0 Å². The highest BCUT2D eigenvalue weighted by Gasteiger charge is 2.22. The molecule has 4 heteroatoms. The number of ketones is 1. The summed E-state index contributed by atoms with van der Waals surface area (Å²) in [7, 11) is 0. The first kappa shape index (κ1) is 14.0. The van der Waals surface area contributed by atoms with E-state index >= 15 is 0 Å². The minimum absolute atomic E-state index is 0.346. The van der Waals surface area contributed by atoms with Crippen molar-refractivity contribution in [1.82, 2.24) is 5.32 Å². The lowest BCUT2D eigenvalue weighted by Crippen LogP contribution is -2.35. The molecule has 0 aliphatic rings. The Morgan fingerprint density at radius 1 is 0.950 bits per heavy atom. The molecule has 0 bridgehead atoms. The van der Waals surface area contributed by atoms with Crippen molar-refractivity contribution in [1.29, 1.82) is 0 Å². The van der Waals surface area contributed by atoms with E-state index in [1.807, 2.05) is 12.1 Å². The maximum absolute atomic E-state index is 12.1. The van der Waals surface area contributed by atoms with Gasteiger partial charge in [-0.2, -0.15) is 0 Å². The number of Topliss-reactive ketones (excluding diaryl/α,β-unsaturated/α-hetero) is 1. The Morgan fingerprint density at radius 2 is 1.50 bits per heavy atom. The zero-order valence-corrected chi connectivity index (χ0v) is 10.8. The molecular formula is C16H15NO3. The SMILES string of the molecule is O=C(N[C@H](C(=O)CO)c1ccccc1)c1ccccc1. The van der Waals surface area contributed by atoms with Gasteiger partial charge < -0.3 is 10.4 Å². The lowest BCUT2D eigenvalue weighted by atomic mass is 10.0. The number of amides is 1. The molecule has 0 aliphatic heterocycles. The van der Waals surface area contributed by atoms with Crippen molar-refractivity contribution in [3.05, 3.63) is 71.8 Å². The molecule has 1 atom stereocenters. The minimum atomic E-state index is -0.839. The molecule has 0 radical (unpaired) electrons. The van der Waals surface area contributed by atoms with Gasteiger partial charge in [-0.15, -0.1) is 0 Å². The molecule has 2 N–H and O–H groups in total. The van der Waals surface area contributed by atoms with E-state index < -0.39 is 18.4 Å². The molecule has 1 amide bonds. The largest absolute Gasteiger partial charge is 0.388 e. The Morgan fingerprint density at radius 3 is 2.05 bits per heavy atom. The van der Waals surface area contributed by atoms with Gasteiger partial charge in [-0.1, -0.05) is 48.5 Å². The average molecular weight is 269 g/mol. The normalized spacial score (nSPS) is 11.7. The third-order valence-electron chi connectivity index (χ3n) is 2.92. The summed E-state index contributed by atoms with van der Waals surface area (Å²) in [5, 5.41) is 11.7. The zero-order valence-electron chi connectivity index (χ0n) is 10.8. The van der Waals surface area contributed by atoms with Gasteiger partial charge >= 0.3 is 0 Å². The van der Waals surface area contributed by atoms with Gasteiger partial charge in [-0.25, -0.2) is 0 Å². The van der Waals surface area contributed by atoms with Crippen molar-refractivity contribution < 1.29 is 14.7 Å². The third-order valence-corrected chi connectivity index (χ3v) is 2.92. The van der Waals surface area contributed by atoms with Crippen molar-refractivity contribution in [3.8, 4) is 0 Å². The zero-order chi connectivity index (χ0) is 14.4. The molecule has 0 heterocycles. The fourth-order valence-corrected chi connectivity index (χ4v) is 1.89. The van der Waals surface area contributed by atoms with Gasteiger partial charge in [-0.3, -0.25) is 9.59 Å². The monoisotopic (exact) mass is 269 g/mol. The van der Waals surface area contributed by atoms with Crippen LogP contribution in [0.15, 0.2) is 60.7 Å². The minimum Gasteiger partial charge on any atom is -0.388 e. The summed E-state index contributed by atoms with van der Waals surface area (Å²) < 4.78 is 0. The summed E-state index contributed by atoms with van der Waals surface area (Å²) in [6.45, 7) is -0.616. The van der Waals surface area contributed by atoms with Crippen molar-refractivity contribution in [2.75, 3.05) is 6.61 Å². The van der Waals surface area contributed by atoms with Crippen LogP contribution in [-0.2, 0) is 4.79 Å². The van der Waals surface area contributed by atoms with E-state index in [4.69, 9.17) is 5.11 Å². The Balaban J connectivity index is 2.21. The van der Waals surface area contributed by atoms with Crippen LogP contribution in [0.3, 0.4) is 0 Å². The van der Waals surface area contributed by atoms with Crippen molar-refractivity contribution in [2.24, 2.45) is 0 Å². The summed E-state index contributed by atoms with van der Waals surface area (Å²) in [4.78, 5) is 23.9. The van der Waals surface area contributed by atoms with E-state index in [2.05, 4.69) is 5.32 Å². The van der Waals surface area contributed by atoms with Crippen LogP contribution < -0.4 is 5.32 Å². The van der Waals surface area contributed by atoms with Gasteiger partial charge in [-0.05, 0) is 17.7 Å².